The van der Waals surface area contributed by atoms with Crippen molar-refractivity contribution in [3.8, 4) is 5.75 Å². The zero-order chi connectivity index (χ0) is 14.5. The Morgan fingerprint density at radius 1 is 1.05 bits per heavy atom. The summed E-state index contributed by atoms with van der Waals surface area (Å²) in [6.45, 7) is 2.05. The minimum atomic E-state index is -0.970. The lowest BCUT2D eigenvalue weighted by Crippen LogP contribution is -1.99. The van der Waals surface area contributed by atoms with Crippen LogP contribution in [-0.2, 0) is 11.2 Å². The van der Waals surface area contributed by atoms with E-state index in [1.165, 1.54) is 17.7 Å². The summed E-state index contributed by atoms with van der Waals surface area (Å²) in [4.78, 5) is 11.4. The number of hydrogen-bond acceptors (Lipinski definition) is 2. The lowest BCUT2D eigenvalue weighted by atomic mass is 10.0. The van der Waals surface area contributed by atoms with Crippen LogP contribution in [0.25, 0.3) is 11.6 Å². The molecule has 0 aliphatic heterocycles. The number of carboxylic acid groups (broad SMARTS) is 1. The molecule has 0 amide bonds. The van der Waals surface area contributed by atoms with E-state index < -0.39 is 5.97 Å². The highest BCUT2D eigenvalue weighted by atomic mass is 16.4. The Bertz CT molecular complexity index is 622. The van der Waals surface area contributed by atoms with Gasteiger partial charge in [-0.15, -0.1) is 0 Å². The number of rotatable bonds is 4. The molecule has 2 rings (SSSR count). The molecule has 2 aromatic rings. The minimum Gasteiger partial charge on any atom is -0.508 e. The van der Waals surface area contributed by atoms with Gasteiger partial charge in [0.15, 0.2) is 0 Å². The third-order valence-electron chi connectivity index (χ3n) is 3.11. The number of aryl methyl sites for hydroxylation is 1. The van der Waals surface area contributed by atoms with Crippen molar-refractivity contribution >= 4 is 17.6 Å². The Morgan fingerprint density at radius 3 is 2.15 bits per heavy atom. The molecular weight excluding hydrogens is 252 g/mol. The van der Waals surface area contributed by atoms with Gasteiger partial charge in [-0.05, 0) is 41.3 Å². The van der Waals surface area contributed by atoms with Crippen LogP contribution in [0, 0.1) is 0 Å². The molecule has 0 aliphatic rings. The van der Waals surface area contributed by atoms with Crippen molar-refractivity contribution in [1.82, 2.24) is 0 Å². The van der Waals surface area contributed by atoms with Crippen molar-refractivity contribution in [1.29, 1.82) is 0 Å². The Morgan fingerprint density at radius 2 is 1.65 bits per heavy atom. The molecule has 0 bridgehead atoms. The van der Waals surface area contributed by atoms with Gasteiger partial charge < -0.3 is 10.2 Å². The van der Waals surface area contributed by atoms with E-state index in [0.29, 0.717) is 5.56 Å². The molecule has 3 nitrogen and oxygen atoms in total. The van der Waals surface area contributed by atoms with Crippen LogP contribution in [0.1, 0.15) is 23.6 Å². The highest BCUT2D eigenvalue weighted by Crippen LogP contribution is 2.20. The lowest BCUT2D eigenvalue weighted by Gasteiger charge is -2.05. The maximum atomic E-state index is 11.4. The summed E-state index contributed by atoms with van der Waals surface area (Å²) in [7, 11) is 0. The number of benzene rings is 2. The minimum absolute atomic E-state index is 0.159. The van der Waals surface area contributed by atoms with Crippen molar-refractivity contribution < 1.29 is 15.0 Å². The zero-order valence-electron chi connectivity index (χ0n) is 11.2. The van der Waals surface area contributed by atoms with E-state index in [4.69, 9.17) is 0 Å². The Balaban J connectivity index is 2.39. The summed E-state index contributed by atoms with van der Waals surface area (Å²) in [5.74, 6) is -0.811. The van der Waals surface area contributed by atoms with Gasteiger partial charge in [-0.25, -0.2) is 4.79 Å². The van der Waals surface area contributed by atoms with Crippen LogP contribution in [0.2, 0.25) is 0 Å². The number of aliphatic carboxylic acids is 1. The number of carbonyl (C=O) groups is 1. The first-order valence-corrected chi connectivity index (χ1v) is 6.43. The fraction of sp³-hybridized carbons (Fsp3) is 0.118. The Hall–Kier alpha value is -2.55. The van der Waals surface area contributed by atoms with Crippen LogP contribution in [0.15, 0.2) is 48.5 Å². The van der Waals surface area contributed by atoms with E-state index in [1.54, 1.807) is 18.2 Å². The van der Waals surface area contributed by atoms with Gasteiger partial charge in [0.05, 0.1) is 5.57 Å². The average Bonchev–Trinajstić information content (AvgIpc) is 2.46. The Labute approximate surface area is 117 Å². The van der Waals surface area contributed by atoms with Gasteiger partial charge in [0.2, 0.25) is 0 Å². The van der Waals surface area contributed by atoms with Crippen molar-refractivity contribution in [2.75, 3.05) is 0 Å². The van der Waals surface area contributed by atoms with Gasteiger partial charge >= 0.3 is 5.97 Å². The first kappa shape index (κ1) is 13.9. The van der Waals surface area contributed by atoms with Gasteiger partial charge in [-0.3, -0.25) is 0 Å². The van der Waals surface area contributed by atoms with Crippen molar-refractivity contribution in [2.24, 2.45) is 0 Å². The highest BCUT2D eigenvalue weighted by molar-refractivity contribution is 6.20. The van der Waals surface area contributed by atoms with Gasteiger partial charge in [-0.2, -0.15) is 0 Å². The van der Waals surface area contributed by atoms with Gasteiger partial charge in [0.1, 0.15) is 5.75 Å². The van der Waals surface area contributed by atoms with Gasteiger partial charge in [0, 0.05) is 0 Å². The molecule has 0 unspecified atom stereocenters. The topological polar surface area (TPSA) is 57.5 Å². The van der Waals surface area contributed by atoms with Crippen LogP contribution >= 0.6 is 0 Å². The number of phenolic OH excluding ortho intramolecular Hbond substituents is 1. The average molecular weight is 268 g/mol. The fourth-order valence-corrected chi connectivity index (χ4v) is 1.93. The molecule has 0 saturated carbocycles. The molecule has 102 valence electrons. The maximum absolute atomic E-state index is 11.4. The van der Waals surface area contributed by atoms with Crippen LogP contribution in [0.5, 0.6) is 5.75 Å². The summed E-state index contributed by atoms with van der Waals surface area (Å²) < 4.78 is 0. The second kappa shape index (κ2) is 6.06. The molecule has 0 fully saturated rings. The van der Waals surface area contributed by atoms with Crippen molar-refractivity contribution in [3.05, 3.63) is 65.2 Å². The van der Waals surface area contributed by atoms with Crippen LogP contribution in [-0.4, -0.2) is 16.2 Å². The molecule has 0 aliphatic carbocycles. The van der Waals surface area contributed by atoms with Crippen LogP contribution < -0.4 is 0 Å². The number of hydrogen-bond donors (Lipinski definition) is 2. The number of carboxylic acids is 1. The molecule has 0 atom stereocenters. The number of aromatic hydroxyl groups is 1. The first-order valence-electron chi connectivity index (χ1n) is 6.43. The first-order chi connectivity index (χ1) is 9.60. The third kappa shape index (κ3) is 3.26. The zero-order valence-corrected chi connectivity index (χ0v) is 11.2. The van der Waals surface area contributed by atoms with Gasteiger partial charge in [-0.1, -0.05) is 43.3 Å². The summed E-state index contributed by atoms with van der Waals surface area (Å²) in [6, 6.07) is 13.9. The van der Waals surface area contributed by atoms with Crippen molar-refractivity contribution in [3.63, 3.8) is 0 Å². The molecular formula is C17H16O3. The Kier molecular flexibility index (Phi) is 4.20. The predicted octanol–water partition coefficient (Wildman–Crippen LogP) is 3.58. The summed E-state index contributed by atoms with van der Waals surface area (Å²) in [6.07, 6.45) is 2.52. The van der Waals surface area contributed by atoms with E-state index in [2.05, 4.69) is 6.92 Å². The second-order valence-electron chi connectivity index (χ2n) is 4.51. The number of phenols is 1. The molecule has 0 heterocycles. The predicted molar refractivity (Wildman–Crippen MR) is 79.4 cm³/mol. The summed E-state index contributed by atoms with van der Waals surface area (Å²) >= 11 is 0. The standard InChI is InChI=1S/C17H16O3/c1-2-12-3-7-14(8-4-12)16(17(19)20)11-13-5-9-15(18)10-6-13/h3-11,18H,2H2,1H3,(H,19,20)/b16-11-. The van der Waals surface area contributed by atoms with Gasteiger partial charge in [0.25, 0.3) is 0 Å². The summed E-state index contributed by atoms with van der Waals surface area (Å²) in [5.41, 5.74) is 2.81. The molecule has 2 aromatic carbocycles. The third-order valence-corrected chi connectivity index (χ3v) is 3.11. The van der Waals surface area contributed by atoms with E-state index >= 15 is 0 Å². The van der Waals surface area contributed by atoms with E-state index in [-0.39, 0.29) is 11.3 Å². The van der Waals surface area contributed by atoms with E-state index in [9.17, 15) is 15.0 Å². The van der Waals surface area contributed by atoms with Crippen molar-refractivity contribution in [2.45, 2.75) is 13.3 Å². The van der Waals surface area contributed by atoms with E-state index in [0.717, 1.165) is 12.0 Å². The fourth-order valence-electron chi connectivity index (χ4n) is 1.93. The maximum Gasteiger partial charge on any atom is 0.336 e. The molecule has 20 heavy (non-hydrogen) atoms. The lowest BCUT2D eigenvalue weighted by molar-refractivity contribution is -0.130. The largest absolute Gasteiger partial charge is 0.508 e. The SMILES string of the molecule is CCc1ccc(/C(=C/c2ccc(O)cc2)C(=O)O)cc1. The molecule has 2 N–H and O–H groups in total. The quantitative estimate of drug-likeness (QED) is 0.658. The molecule has 0 saturated heterocycles. The smallest absolute Gasteiger partial charge is 0.336 e. The molecule has 0 spiro atoms. The normalized spacial score (nSPS) is 11.3. The second-order valence-corrected chi connectivity index (χ2v) is 4.51. The van der Waals surface area contributed by atoms with E-state index in [1.807, 2.05) is 24.3 Å². The monoisotopic (exact) mass is 268 g/mol. The van der Waals surface area contributed by atoms with Crippen LogP contribution in [0.3, 0.4) is 0 Å². The highest BCUT2D eigenvalue weighted by Gasteiger charge is 2.10. The summed E-state index contributed by atoms with van der Waals surface area (Å²) in [5, 5.41) is 18.6. The molecule has 3 heteroatoms. The van der Waals surface area contributed by atoms with Crippen LogP contribution in [0.4, 0.5) is 0 Å². The molecule has 0 radical (unpaired) electrons. The molecule has 0 aromatic heterocycles.